The molecule has 7 heteroatoms. The molecule has 2 aromatic heterocycles. The molecule has 3 aromatic rings. The van der Waals surface area contributed by atoms with Crippen molar-refractivity contribution in [3.63, 3.8) is 0 Å². The summed E-state index contributed by atoms with van der Waals surface area (Å²) < 4.78 is 8.25. The van der Waals surface area contributed by atoms with E-state index in [0.717, 1.165) is 24.2 Å². The molecule has 0 saturated carbocycles. The van der Waals surface area contributed by atoms with Gasteiger partial charge >= 0.3 is 0 Å². The van der Waals surface area contributed by atoms with Gasteiger partial charge in [-0.2, -0.15) is 9.61 Å². The minimum absolute atomic E-state index is 0.110. The number of ether oxygens (including phenoxy) is 1. The molecular formula is C24H23N5O2. The first-order valence-electron chi connectivity index (χ1n) is 10.8. The van der Waals surface area contributed by atoms with E-state index in [-0.39, 0.29) is 18.2 Å². The highest BCUT2D eigenvalue weighted by Crippen LogP contribution is 2.47. The van der Waals surface area contributed by atoms with Gasteiger partial charge in [0.25, 0.3) is 5.91 Å². The Labute approximate surface area is 180 Å². The maximum atomic E-state index is 13.6. The van der Waals surface area contributed by atoms with Gasteiger partial charge in [0, 0.05) is 25.9 Å². The first-order valence-corrected chi connectivity index (χ1v) is 10.8. The average Bonchev–Trinajstić information content (AvgIpc) is 3.52. The van der Waals surface area contributed by atoms with E-state index in [2.05, 4.69) is 33.0 Å². The Balaban J connectivity index is 1.24. The van der Waals surface area contributed by atoms with Crippen LogP contribution in [0.2, 0.25) is 0 Å². The zero-order chi connectivity index (χ0) is 21.0. The lowest BCUT2D eigenvalue weighted by molar-refractivity contribution is -0.140. The summed E-state index contributed by atoms with van der Waals surface area (Å²) in [5.41, 5.74) is 1.88. The van der Waals surface area contributed by atoms with E-state index >= 15 is 0 Å². The summed E-state index contributed by atoms with van der Waals surface area (Å²) in [5.74, 6) is 3.75. The fourth-order valence-corrected chi connectivity index (χ4v) is 5.39. The minimum atomic E-state index is -0.713. The highest BCUT2D eigenvalue weighted by atomic mass is 16.6. The third-order valence-electron chi connectivity index (χ3n) is 6.96. The number of nitrogens with zero attached hydrogens (tertiary/aromatic N) is 5. The Morgan fingerprint density at radius 2 is 1.90 bits per heavy atom. The van der Waals surface area contributed by atoms with Crippen molar-refractivity contribution in [1.82, 2.24) is 19.5 Å². The molecule has 3 saturated heterocycles. The molecule has 3 aliphatic heterocycles. The topological polar surface area (TPSA) is 63.0 Å². The largest absolute Gasteiger partial charge is 0.356 e. The Bertz CT molecular complexity index is 1190. The van der Waals surface area contributed by atoms with Crippen LogP contribution in [0.4, 0.5) is 5.82 Å². The molecule has 156 valence electrons. The van der Waals surface area contributed by atoms with Crippen molar-refractivity contribution < 1.29 is 9.53 Å². The summed E-state index contributed by atoms with van der Waals surface area (Å²) >= 11 is 0. The molecule has 7 nitrogen and oxygen atoms in total. The molecule has 3 fully saturated rings. The fraction of sp³-hybridized carbons (Fsp3) is 0.375. The number of pyridine rings is 1. The smallest absolute Gasteiger partial charge is 0.257 e. The molecular weight excluding hydrogens is 390 g/mol. The number of hydrogen-bond acceptors (Lipinski definition) is 5. The van der Waals surface area contributed by atoms with Crippen LogP contribution in [0.15, 0.2) is 48.8 Å². The second-order valence-electron chi connectivity index (χ2n) is 8.52. The van der Waals surface area contributed by atoms with E-state index in [1.807, 2.05) is 35.2 Å². The number of carbonyl (C=O) groups excluding carboxylic acids is 1. The minimum Gasteiger partial charge on any atom is -0.356 e. The number of rotatable bonds is 2. The molecule has 2 atom stereocenters. The van der Waals surface area contributed by atoms with Gasteiger partial charge in [0.1, 0.15) is 18.4 Å². The van der Waals surface area contributed by atoms with Crippen molar-refractivity contribution in [3.05, 3.63) is 59.9 Å². The number of hydrogen-bond donors (Lipinski definition) is 0. The molecule has 5 heterocycles. The van der Waals surface area contributed by atoms with Crippen LogP contribution in [0.1, 0.15) is 42.9 Å². The number of aromatic nitrogens is 3. The lowest BCUT2D eigenvalue weighted by Gasteiger charge is -2.38. The third kappa shape index (κ3) is 2.68. The van der Waals surface area contributed by atoms with Gasteiger partial charge in [-0.1, -0.05) is 36.3 Å². The quantitative estimate of drug-likeness (QED) is 0.605. The van der Waals surface area contributed by atoms with E-state index in [1.165, 1.54) is 11.9 Å². The second kappa shape index (κ2) is 6.82. The van der Waals surface area contributed by atoms with Gasteiger partial charge in [0.2, 0.25) is 0 Å². The number of carbonyl (C=O) groups is 1. The zero-order valence-corrected chi connectivity index (χ0v) is 17.1. The van der Waals surface area contributed by atoms with Crippen molar-refractivity contribution in [2.75, 3.05) is 18.0 Å². The molecule has 1 amide bonds. The van der Waals surface area contributed by atoms with Crippen molar-refractivity contribution in [2.45, 2.75) is 43.6 Å². The molecule has 1 spiro atoms. The number of terminal acetylenes is 1. The lowest BCUT2D eigenvalue weighted by Crippen LogP contribution is -2.50. The van der Waals surface area contributed by atoms with E-state index in [9.17, 15) is 4.79 Å². The van der Waals surface area contributed by atoms with Crippen LogP contribution < -0.4 is 4.90 Å². The fourth-order valence-electron chi connectivity index (χ4n) is 5.39. The van der Waals surface area contributed by atoms with Gasteiger partial charge in [-0.25, -0.2) is 4.98 Å². The molecule has 0 N–H and O–H groups in total. The van der Waals surface area contributed by atoms with Crippen LogP contribution in [0.3, 0.4) is 0 Å². The number of benzene rings is 1. The summed E-state index contributed by atoms with van der Waals surface area (Å²) in [6, 6.07) is 14.3. The van der Waals surface area contributed by atoms with E-state index < -0.39 is 5.60 Å². The van der Waals surface area contributed by atoms with Crippen molar-refractivity contribution in [1.29, 1.82) is 0 Å². The summed E-state index contributed by atoms with van der Waals surface area (Å²) in [5, 5.41) is 4.36. The number of fused-ring (bicyclic) bond motifs is 2. The van der Waals surface area contributed by atoms with Crippen LogP contribution in [0.5, 0.6) is 0 Å². The molecule has 0 radical (unpaired) electrons. The van der Waals surface area contributed by atoms with Gasteiger partial charge in [0.15, 0.2) is 11.2 Å². The van der Waals surface area contributed by atoms with Crippen LogP contribution in [-0.4, -0.2) is 50.3 Å². The second-order valence-corrected chi connectivity index (χ2v) is 8.52. The Morgan fingerprint density at radius 1 is 1.10 bits per heavy atom. The normalized spacial score (nSPS) is 24.7. The lowest BCUT2D eigenvalue weighted by atomic mass is 9.89. The summed E-state index contributed by atoms with van der Waals surface area (Å²) in [6.45, 7) is 1.43. The van der Waals surface area contributed by atoms with Gasteiger partial charge < -0.3 is 14.5 Å². The molecule has 1 aromatic carbocycles. The van der Waals surface area contributed by atoms with Crippen molar-refractivity contribution >= 4 is 17.4 Å². The number of piperidine rings is 1. The van der Waals surface area contributed by atoms with Crippen LogP contribution in [0.25, 0.3) is 5.65 Å². The Kier molecular flexibility index (Phi) is 4.05. The van der Waals surface area contributed by atoms with Crippen molar-refractivity contribution in [3.8, 4) is 12.3 Å². The monoisotopic (exact) mass is 413 g/mol. The van der Waals surface area contributed by atoms with Crippen LogP contribution >= 0.6 is 0 Å². The predicted octanol–water partition coefficient (Wildman–Crippen LogP) is 2.77. The van der Waals surface area contributed by atoms with Crippen molar-refractivity contribution in [2.24, 2.45) is 0 Å². The first kappa shape index (κ1) is 18.4. The molecule has 0 bridgehead atoms. The van der Waals surface area contributed by atoms with Crippen LogP contribution in [-0.2, 0) is 9.53 Å². The maximum absolute atomic E-state index is 13.6. The first-order chi connectivity index (χ1) is 15.2. The standard InChI is InChI=1S/C24H23N5O2/c1-2-17-8-10-20(29-22(17)25-16-26-29)27-14-12-24(13-15-27)23(30)28-19(9-11-21(28)31-24)18-6-4-3-5-7-18/h1,3-8,10,16,19,21H,9,11-15H2/t19-,21+/m0/s1. The molecule has 31 heavy (non-hydrogen) atoms. The van der Waals surface area contributed by atoms with E-state index in [0.29, 0.717) is 31.6 Å². The van der Waals surface area contributed by atoms with E-state index in [4.69, 9.17) is 11.2 Å². The van der Waals surface area contributed by atoms with E-state index in [1.54, 1.807) is 4.52 Å². The SMILES string of the molecule is C#Cc1ccc(N2CCC3(CC2)O[C@@H]2CC[C@@H](c4ccccc4)N2C3=O)n2ncnc12. The third-order valence-corrected chi connectivity index (χ3v) is 6.96. The van der Waals surface area contributed by atoms with Crippen LogP contribution in [0, 0.1) is 12.3 Å². The molecule has 6 rings (SSSR count). The number of anilines is 1. The van der Waals surface area contributed by atoms with Gasteiger partial charge in [-0.05, 0) is 30.5 Å². The highest BCUT2D eigenvalue weighted by molar-refractivity contribution is 5.88. The predicted molar refractivity (Wildman–Crippen MR) is 115 cm³/mol. The number of amides is 1. The summed E-state index contributed by atoms with van der Waals surface area (Å²) in [4.78, 5) is 22.1. The Hall–Kier alpha value is -3.37. The summed E-state index contributed by atoms with van der Waals surface area (Å²) in [6.07, 6.45) is 10.2. The summed E-state index contributed by atoms with van der Waals surface area (Å²) in [7, 11) is 0. The Morgan fingerprint density at radius 3 is 2.68 bits per heavy atom. The van der Waals surface area contributed by atoms with Gasteiger partial charge in [-0.15, -0.1) is 6.42 Å². The maximum Gasteiger partial charge on any atom is 0.257 e. The molecule has 0 aliphatic carbocycles. The zero-order valence-electron chi connectivity index (χ0n) is 17.1. The van der Waals surface area contributed by atoms with Gasteiger partial charge in [-0.3, -0.25) is 4.79 Å². The molecule has 0 unspecified atom stereocenters. The highest BCUT2D eigenvalue weighted by Gasteiger charge is 2.58. The average molecular weight is 413 g/mol. The molecule has 3 aliphatic rings. The van der Waals surface area contributed by atoms with Gasteiger partial charge in [0.05, 0.1) is 11.6 Å².